The van der Waals surface area contributed by atoms with Gasteiger partial charge in [-0.1, -0.05) is 28.1 Å². The Morgan fingerprint density at radius 3 is 2.62 bits per heavy atom. The van der Waals surface area contributed by atoms with E-state index >= 15 is 0 Å². The van der Waals surface area contributed by atoms with E-state index in [1.807, 2.05) is 43.1 Å². The van der Waals surface area contributed by atoms with Crippen LogP contribution in [0.4, 0.5) is 0 Å². The largest absolute Gasteiger partial charge is 0.337 e. The predicted octanol–water partition coefficient (Wildman–Crippen LogP) is 2.69. The summed E-state index contributed by atoms with van der Waals surface area (Å²) in [7, 11) is 1.91. The summed E-state index contributed by atoms with van der Waals surface area (Å²) in [6.07, 6.45) is 2.05. The molecule has 1 saturated carbocycles. The van der Waals surface area contributed by atoms with Crippen molar-refractivity contribution in [3.8, 4) is 6.07 Å². The fourth-order valence-corrected chi connectivity index (χ4v) is 2.68. The van der Waals surface area contributed by atoms with E-state index in [2.05, 4.69) is 27.3 Å². The Bertz CT molecular complexity index is 548. The number of hydrogen-bond acceptors (Lipinski definition) is 3. The molecule has 0 aromatic heterocycles. The number of nitrogens with one attached hydrogen (secondary N) is 1. The molecule has 112 valence electrons. The molecule has 0 heterocycles. The molecule has 21 heavy (non-hydrogen) atoms. The number of nitriles is 1. The normalized spacial score (nSPS) is 17.1. The quantitative estimate of drug-likeness (QED) is 0.858. The third kappa shape index (κ3) is 4.55. The van der Waals surface area contributed by atoms with Gasteiger partial charge in [0.1, 0.15) is 5.54 Å². The lowest BCUT2D eigenvalue weighted by Crippen LogP contribution is -2.49. The van der Waals surface area contributed by atoms with E-state index in [1.165, 1.54) is 0 Å². The first kappa shape index (κ1) is 16.0. The standard InChI is InChI=1S/C16H20BrN3O/c1-16(11-18,13-5-6-13)19-15(21)10-20(2)9-12-3-7-14(17)8-4-12/h3-4,7-8,13H,5-6,9-10H2,1-2H3,(H,19,21)/t16-/m1/s1. The molecule has 1 amide bonds. The first-order valence-electron chi connectivity index (χ1n) is 7.08. The Morgan fingerprint density at radius 1 is 1.48 bits per heavy atom. The highest BCUT2D eigenvalue weighted by Crippen LogP contribution is 2.39. The Balaban J connectivity index is 1.84. The van der Waals surface area contributed by atoms with Crippen molar-refractivity contribution in [2.24, 2.45) is 5.92 Å². The molecule has 1 aromatic carbocycles. The molecule has 4 nitrogen and oxygen atoms in total. The van der Waals surface area contributed by atoms with Gasteiger partial charge in [0.05, 0.1) is 12.6 Å². The summed E-state index contributed by atoms with van der Waals surface area (Å²) < 4.78 is 1.04. The van der Waals surface area contributed by atoms with Crippen LogP contribution in [0.15, 0.2) is 28.7 Å². The molecule has 1 aliphatic carbocycles. The number of rotatable bonds is 6. The van der Waals surface area contributed by atoms with Crippen LogP contribution in [0.2, 0.25) is 0 Å². The van der Waals surface area contributed by atoms with Gasteiger partial charge in [0.2, 0.25) is 5.91 Å². The Morgan fingerprint density at radius 2 is 2.10 bits per heavy atom. The van der Waals surface area contributed by atoms with Gasteiger partial charge in [0, 0.05) is 11.0 Å². The molecule has 1 aliphatic rings. The van der Waals surface area contributed by atoms with Gasteiger partial charge in [-0.2, -0.15) is 5.26 Å². The van der Waals surface area contributed by atoms with Crippen LogP contribution in [0.1, 0.15) is 25.3 Å². The second-order valence-electron chi connectivity index (χ2n) is 5.94. The van der Waals surface area contributed by atoms with E-state index in [-0.39, 0.29) is 5.91 Å². The van der Waals surface area contributed by atoms with Crippen molar-refractivity contribution in [2.45, 2.75) is 31.8 Å². The fourth-order valence-electron chi connectivity index (χ4n) is 2.41. The summed E-state index contributed by atoms with van der Waals surface area (Å²) >= 11 is 3.40. The molecule has 0 radical (unpaired) electrons. The summed E-state index contributed by atoms with van der Waals surface area (Å²) in [5.74, 6) is 0.216. The van der Waals surface area contributed by atoms with Crippen LogP contribution >= 0.6 is 15.9 Å². The first-order chi connectivity index (χ1) is 9.93. The highest BCUT2D eigenvalue weighted by Gasteiger charge is 2.42. The van der Waals surface area contributed by atoms with Crippen LogP contribution < -0.4 is 5.32 Å². The maximum atomic E-state index is 12.1. The number of amides is 1. The summed E-state index contributed by atoms with van der Waals surface area (Å²) in [5, 5.41) is 12.1. The van der Waals surface area contributed by atoms with E-state index in [1.54, 1.807) is 0 Å². The summed E-state index contributed by atoms with van der Waals surface area (Å²) in [4.78, 5) is 14.0. The molecule has 0 saturated heterocycles. The monoisotopic (exact) mass is 349 g/mol. The predicted molar refractivity (Wildman–Crippen MR) is 85.4 cm³/mol. The SMILES string of the molecule is CN(CC(=O)N[C@](C)(C#N)C1CC1)Cc1ccc(Br)cc1. The van der Waals surface area contributed by atoms with Gasteiger partial charge >= 0.3 is 0 Å². The van der Waals surface area contributed by atoms with E-state index in [0.717, 1.165) is 22.9 Å². The molecule has 1 N–H and O–H groups in total. The molecule has 1 atom stereocenters. The molecule has 5 heteroatoms. The van der Waals surface area contributed by atoms with E-state index in [0.29, 0.717) is 19.0 Å². The van der Waals surface area contributed by atoms with Crippen molar-refractivity contribution in [1.82, 2.24) is 10.2 Å². The average Bonchev–Trinajstić information content (AvgIpc) is 3.25. The number of benzene rings is 1. The second-order valence-corrected chi connectivity index (χ2v) is 6.85. The highest BCUT2D eigenvalue weighted by atomic mass is 79.9. The number of likely N-dealkylation sites (N-methyl/N-ethyl adjacent to an activating group) is 1. The third-order valence-electron chi connectivity index (χ3n) is 3.80. The lowest BCUT2D eigenvalue weighted by molar-refractivity contribution is -0.123. The van der Waals surface area contributed by atoms with E-state index < -0.39 is 5.54 Å². The minimum Gasteiger partial charge on any atom is -0.337 e. The van der Waals surface area contributed by atoms with Gasteiger partial charge in [0.15, 0.2) is 0 Å². The van der Waals surface area contributed by atoms with Crippen LogP contribution in [0.25, 0.3) is 0 Å². The number of hydrogen-bond donors (Lipinski definition) is 1. The number of nitrogens with zero attached hydrogens (tertiary/aromatic N) is 2. The van der Waals surface area contributed by atoms with E-state index in [4.69, 9.17) is 0 Å². The van der Waals surface area contributed by atoms with Gasteiger partial charge in [0.25, 0.3) is 0 Å². The molecule has 2 rings (SSSR count). The maximum absolute atomic E-state index is 12.1. The zero-order valence-corrected chi connectivity index (χ0v) is 14.0. The van der Waals surface area contributed by atoms with Gasteiger partial charge in [-0.15, -0.1) is 0 Å². The van der Waals surface area contributed by atoms with Crippen molar-refractivity contribution in [2.75, 3.05) is 13.6 Å². The van der Waals surface area contributed by atoms with Gasteiger partial charge < -0.3 is 5.32 Å². The van der Waals surface area contributed by atoms with Crippen molar-refractivity contribution >= 4 is 21.8 Å². The van der Waals surface area contributed by atoms with E-state index in [9.17, 15) is 10.1 Å². The molecule has 0 spiro atoms. The number of carbonyl (C=O) groups is 1. The van der Waals surface area contributed by atoms with Crippen LogP contribution in [-0.4, -0.2) is 29.9 Å². The Hall–Kier alpha value is -1.38. The van der Waals surface area contributed by atoms with Crippen molar-refractivity contribution in [1.29, 1.82) is 5.26 Å². The topological polar surface area (TPSA) is 56.1 Å². The fraction of sp³-hybridized carbons (Fsp3) is 0.500. The number of carbonyl (C=O) groups excluding carboxylic acids is 1. The highest BCUT2D eigenvalue weighted by molar-refractivity contribution is 9.10. The minimum atomic E-state index is -0.713. The zero-order chi connectivity index (χ0) is 15.5. The van der Waals surface area contributed by atoms with Gasteiger partial charge in [-0.25, -0.2) is 0 Å². The average molecular weight is 350 g/mol. The maximum Gasteiger partial charge on any atom is 0.235 e. The molecule has 0 bridgehead atoms. The zero-order valence-electron chi connectivity index (χ0n) is 12.4. The minimum absolute atomic E-state index is 0.0921. The molecular weight excluding hydrogens is 330 g/mol. The molecule has 0 aliphatic heterocycles. The molecule has 1 fully saturated rings. The third-order valence-corrected chi connectivity index (χ3v) is 4.33. The van der Waals surface area contributed by atoms with Crippen molar-refractivity contribution in [3.63, 3.8) is 0 Å². The second kappa shape index (κ2) is 6.59. The summed E-state index contributed by atoms with van der Waals surface area (Å²) in [5.41, 5.74) is 0.439. The van der Waals surface area contributed by atoms with Crippen LogP contribution in [0, 0.1) is 17.2 Å². The molecular formula is C16H20BrN3O. The first-order valence-corrected chi connectivity index (χ1v) is 7.87. The van der Waals surface area contributed by atoms with Crippen LogP contribution in [0.5, 0.6) is 0 Å². The van der Waals surface area contributed by atoms with Crippen molar-refractivity contribution < 1.29 is 4.79 Å². The number of halogens is 1. The molecule has 1 aromatic rings. The van der Waals surface area contributed by atoms with Gasteiger partial charge in [-0.05, 0) is 50.4 Å². The van der Waals surface area contributed by atoms with Crippen LogP contribution in [-0.2, 0) is 11.3 Å². The Labute approximate surface area is 134 Å². The summed E-state index contributed by atoms with van der Waals surface area (Å²) in [6.45, 7) is 2.81. The lowest BCUT2D eigenvalue weighted by Gasteiger charge is -2.25. The smallest absolute Gasteiger partial charge is 0.235 e. The van der Waals surface area contributed by atoms with Crippen molar-refractivity contribution in [3.05, 3.63) is 34.3 Å². The van der Waals surface area contributed by atoms with Crippen LogP contribution in [0.3, 0.4) is 0 Å². The molecule has 0 unspecified atom stereocenters. The lowest BCUT2D eigenvalue weighted by atomic mass is 9.98. The Kier molecular flexibility index (Phi) is 5.02. The summed E-state index contributed by atoms with van der Waals surface area (Å²) in [6, 6.07) is 10.3. The van der Waals surface area contributed by atoms with Gasteiger partial charge in [-0.3, -0.25) is 9.69 Å².